The summed E-state index contributed by atoms with van der Waals surface area (Å²) in [6.45, 7) is 5.69. The van der Waals surface area contributed by atoms with E-state index in [2.05, 4.69) is 5.10 Å². The van der Waals surface area contributed by atoms with Gasteiger partial charge in [0.1, 0.15) is 5.82 Å². The number of halogens is 2. The number of hydrogen-bond acceptors (Lipinski definition) is 2. The third-order valence-electron chi connectivity index (χ3n) is 3.31. The van der Waals surface area contributed by atoms with Crippen LogP contribution in [-0.4, -0.2) is 15.6 Å². The standard InChI is InChI=1S/C15H16ClFN2O/c1-4-14(20)15-9(2)18-19(10(15)3)8-11-7-12(16)5-6-13(11)17/h5-7H,4,8H2,1-3H3. The molecule has 106 valence electrons. The molecule has 0 saturated heterocycles. The van der Waals surface area contributed by atoms with Crippen LogP contribution in [0.25, 0.3) is 0 Å². The van der Waals surface area contributed by atoms with Gasteiger partial charge in [-0.2, -0.15) is 5.10 Å². The zero-order valence-electron chi connectivity index (χ0n) is 11.7. The molecular formula is C15H16ClFN2O. The summed E-state index contributed by atoms with van der Waals surface area (Å²) in [5.41, 5.74) is 2.53. The first kappa shape index (κ1) is 14.7. The van der Waals surface area contributed by atoms with E-state index in [0.717, 1.165) is 5.69 Å². The van der Waals surface area contributed by atoms with Crippen LogP contribution in [-0.2, 0) is 6.54 Å². The predicted octanol–water partition coefficient (Wildman–Crippen LogP) is 3.93. The molecule has 0 saturated carbocycles. The van der Waals surface area contributed by atoms with E-state index < -0.39 is 0 Å². The van der Waals surface area contributed by atoms with Gasteiger partial charge in [-0.3, -0.25) is 9.48 Å². The van der Waals surface area contributed by atoms with E-state index in [1.165, 1.54) is 12.1 Å². The zero-order chi connectivity index (χ0) is 14.9. The van der Waals surface area contributed by atoms with Crippen molar-refractivity contribution >= 4 is 17.4 Å². The van der Waals surface area contributed by atoms with E-state index in [4.69, 9.17) is 11.6 Å². The monoisotopic (exact) mass is 294 g/mol. The van der Waals surface area contributed by atoms with Crippen molar-refractivity contribution in [3.63, 3.8) is 0 Å². The van der Waals surface area contributed by atoms with Crippen molar-refractivity contribution in [2.45, 2.75) is 33.7 Å². The highest BCUT2D eigenvalue weighted by Gasteiger charge is 2.17. The third-order valence-corrected chi connectivity index (χ3v) is 3.54. The highest BCUT2D eigenvalue weighted by molar-refractivity contribution is 6.30. The molecule has 0 atom stereocenters. The summed E-state index contributed by atoms with van der Waals surface area (Å²) in [5, 5.41) is 4.81. The van der Waals surface area contributed by atoms with Crippen molar-refractivity contribution < 1.29 is 9.18 Å². The molecule has 3 nitrogen and oxygen atoms in total. The number of benzene rings is 1. The van der Waals surface area contributed by atoms with Gasteiger partial charge in [-0.05, 0) is 32.0 Å². The van der Waals surface area contributed by atoms with Crippen molar-refractivity contribution in [1.82, 2.24) is 9.78 Å². The Labute approximate surface area is 122 Å². The van der Waals surface area contributed by atoms with Crippen LogP contribution >= 0.6 is 11.6 Å². The summed E-state index contributed by atoms with van der Waals surface area (Å²) >= 11 is 5.88. The van der Waals surface area contributed by atoms with Crippen LogP contribution in [0.15, 0.2) is 18.2 Å². The molecule has 20 heavy (non-hydrogen) atoms. The van der Waals surface area contributed by atoms with E-state index in [9.17, 15) is 9.18 Å². The second kappa shape index (κ2) is 5.75. The predicted molar refractivity (Wildman–Crippen MR) is 76.8 cm³/mol. The second-order valence-corrected chi connectivity index (χ2v) is 5.15. The molecule has 0 fully saturated rings. The lowest BCUT2D eigenvalue weighted by atomic mass is 10.1. The lowest BCUT2D eigenvalue weighted by Gasteiger charge is -2.07. The van der Waals surface area contributed by atoms with Gasteiger partial charge in [-0.15, -0.1) is 0 Å². The molecule has 1 heterocycles. The second-order valence-electron chi connectivity index (χ2n) is 4.72. The lowest BCUT2D eigenvalue weighted by Crippen LogP contribution is -2.07. The van der Waals surface area contributed by atoms with E-state index in [1.54, 1.807) is 17.7 Å². The Morgan fingerprint density at radius 1 is 1.40 bits per heavy atom. The largest absolute Gasteiger partial charge is 0.294 e. The van der Waals surface area contributed by atoms with Crippen molar-refractivity contribution in [2.24, 2.45) is 0 Å². The minimum atomic E-state index is -0.328. The average molecular weight is 295 g/mol. The molecule has 0 bridgehead atoms. The van der Waals surface area contributed by atoms with Crippen LogP contribution in [0, 0.1) is 19.7 Å². The van der Waals surface area contributed by atoms with Gasteiger partial charge in [0, 0.05) is 22.7 Å². The number of nitrogens with zero attached hydrogens (tertiary/aromatic N) is 2. The molecular weight excluding hydrogens is 279 g/mol. The average Bonchev–Trinajstić information content (AvgIpc) is 2.68. The van der Waals surface area contributed by atoms with Crippen molar-refractivity contribution in [2.75, 3.05) is 0 Å². The van der Waals surface area contributed by atoms with E-state index in [0.29, 0.717) is 28.3 Å². The quantitative estimate of drug-likeness (QED) is 0.801. The van der Waals surface area contributed by atoms with Gasteiger partial charge in [0.05, 0.1) is 17.8 Å². The normalized spacial score (nSPS) is 10.8. The van der Waals surface area contributed by atoms with E-state index in [1.807, 2.05) is 13.8 Å². The maximum Gasteiger partial charge on any atom is 0.166 e. The van der Waals surface area contributed by atoms with E-state index >= 15 is 0 Å². The van der Waals surface area contributed by atoms with Gasteiger partial charge in [-0.1, -0.05) is 18.5 Å². The first-order valence-electron chi connectivity index (χ1n) is 6.45. The summed E-state index contributed by atoms with van der Waals surface area (Å²) in [5.74, 6) is -0.275. The summed E-state index contributed by atoms with van der Waals surface area (Å²) < 4.78 is 15.4. The molecule has 0 radical (unpaired) electrons. The fourth-order valence-corrected chi connectivity index (χ4v) is 2.45. The number of carbonyl (C=O) groups excluding carboxylic acids is 1. The van der Waals surface area contributed by atoms with Crippen molar-refractivity contribution in [3.05, 3.63) is 51.6 Å². The third kappa shape index (κ3) is 2.75. The summed E-state index contributed by atoms with van der Waals surface area (Å²) in [6, 6.07) is 4.42. The van der Waals surface area contributed by atoms with Gasteiger partial charge in [-0.25, -0.2) is 4.39 Å². The van der Waals surface area contributed by atoms with Gasteiger partial charge >= 0.3 is 0 Å². The van der Waals surface area contributed by atoms with Crippen LogP contribution in [0.4, 0.5) is 4.39 Å². The summed E-state index contributed by atoms with van der Waals surface area (Å²) in [4.78, 5) is 11.9. The Hall–Kier alpha value is -1.68. The Bertz CT molecular complexity index is 664. The SMILES string of the molecule is CCC(=O)c1c(C)nn(Cc2cc(Cl)ccc2F)c1C. The number of aromatic nitrogens is 2. The van der Waals surface area contributed by atoms with Crippen LogP contribution < -0.4 is 0 Å². The molecule has 1 aromatic carbocycles. The highest BCUT2D eigenvalue weighted by atomic mass is 35.5. The summed E-state index contributed by atoms with van der Waals surface area (Å²) in [6.07, 6.45) is 0.429. The number of aryl methyl sites for hydroxylation is 1. The molecule has 0 aliphatic rings. The van der Waals surface area contributed by atoms with Crippen molar-refractivity contribution in [1.29, 1.82) is 0 Å². The van der Waals surface area contributed by atoms with Gasteiger partial charge in [0.15, 0.2) is 5.78 Å². The minimum Gasteiger partial charge on any atom is -0.294 e. The molecule has 2 aromatic rings. The number of carbonyl (C=O) groups is 1. The first-order chi connectivity index (χ1) is 9.43. The van der Waals surface area contributed by atoms with Crippen LogP contribution in [0.1, 0.15) is 40.7 Å². The molecule has 0 aliphatic heterocycles. The molecule has 0 amide bonds. The van der Waals surface area contributed by atoms with Gasteiger partial charge in [0.2, 0.25) is 0 Å². The minimum absolute atomic E-state index is 0.0535. The molecule has 0 N–H and O–H groups in total. The number of Topliss-reactive ketones (excluding diaryl/α,β-unsaturated/α-hetero) is 1. The molecule has 1 aromatic heterocycles. The first-order valence-corrected chi connectivity index (χ1v) is 6.83. The topological polar surface area (TPSA) is 34.9 Å². The van der Waals surface area contributed by atoms with E-state index in [-0.39, 0.29) is 18.1 Å². The molecule has 5 heteroatoms. The molecule has 2 rings (SSSR count). The Balaban J connectivity index is 2.40. The number of hydrogen-bond donors (Lipinski definition) is 0. The van der Waals surface area contributed by atoms with Crippen LogP contribution in [0.2, 0.25) is 5.02 Å². The fourth-order valence-electron chi connectivity index (χ4n) is 2.26. The molecule has 0 spiro atoms. The Morgan fingerprint density at radius 3 is 2.75 bits per heavy atom. The fraction of sp³-hybridized carbons (Fsp3) is 0.333. The number of rotatable bonds is 4. The van der Waals surface area contributed by atoms with Crippen molar-refractivity contribution in [3.8, 4) is 0 Å². The Kier molecular flexibility index (Phi) is 4.23. The maximum absolute atomic E-state index is 13.8. The highest BCUT2D eigenvalue weighted by Crippen LogP contribution is 2.19. The lowest BCUT2D eigenvalue weighted by molar-refractivity contribution is 0.0987. The zero-order valence-corrected chi connectivity index (χ0v) is 12.5. The van der Waals surface area contributed by atoms with Gasteiger partial charge in [0.25, 0.3) is 0 Å². The molecule has 0 unspecified atom stereocenters. The van der Waals surface area contributed by atoms with Crippen LogP contribution in [0.3, 0.4) is 0 Å². The van der Waals surface area contributed by atoms with Gasteiger partial charge < -0.3 is 0 Å². The maximum atomic E-state index is 13.8. The number of ketones is 1. The van der Waals surface area contributed by atoms with Crippen LogP contribution in [0.5, 0.6) is 0 Å². The smallest absolute Gasteiger partial charge is 0.166 e. The Morgan fingerprint density at radius 2 is 2.10 bits per heavy atom. The molecule has 0 aliphatic carbocycles. The summed E-state index contributed by atoms with van der Waals surface area (Å²) in [7, 11) is 0.